The van der Waals surface area contributed by atoms with Crippen molar-refractivity contribution >= 4 is 41.0 Å². The highest BCUT2D eigenvalue weighted by molar-refractivity contribution is 6.35. The average molecular weight is 487 g/mol. The van der Waals surface area contributed by atoms with Gasteiger partial charge in [-0.2, -0.15) is 0 Å². The fourth-order valence-corrected chi connectivity index (χ4v) is 3.28. The maximum absolute atomic E-state index is 12.0. The van der Waals surface area contributed by atoms with Crippen LogP contribution in [0.3, 0.4) is 0 Å². The van der Waals surface area contributed by atoms with Crippen LogP contribution >= 0.6 is 23.2 Å². The van der Waals surface area contributed by atoms with Crippen LogP contribution < -0.4 is 14.8 Å². The number of rotatable bonds is 10. The molecule has 0 saturated carbocycles. The molecule has 33 heavy (non-hydrogen) atoms. The molecule has 0 fully saturated rings. The third-order valence-corrected chi connectivity index (χ3v) is 5.06. The van der Waals surface area contributed by atoms with E-state index < -0.39 is 0 Å². The first-order chi connectivity index (χ1) is 15.9. The number of amides is 1. The standard InChI is InChI=1S/C25H24Cl2N2O4/c1-3-31-24-12-18(6-11-23(24)32-15-19-7-8-20(26)13-22(19)27)14-28-33-16-25(30)29-21-9-4-17(2)5-10-21/h4-14H,3,15-16H2,1-2H3,(H,29,30). The summed E-state index contributed by atoms with van der Waals surface area (Å²) in [5.74, 6) is 0.831. The van der Waals surface area contributed by atoms with Crippen molar-refractivity contribution in [1.82, 2.24) is 0 Å². The number of carbonyl (C=O) groups excluding carboxylic acids is 1. The predicted octanol–water partition coefficient (Wildman–Crippen LogP) is 6.27. The molecule has 0 aliphatic carbocycles. The Kier molecular flexibility index (Phi) is 8.98. The van der Waals surface area contributed by atoms with Crippen LogP contribution in [-0.2, 0) is 16.2 Å². The number of aryl methyl sites for hydroxylation is 1. The first kappa shape index (κ1) is 24.4. The summed E-state index contributed by atoms with van der Waals surface area (Å²) in [6.45, 7) is 4.40. The number of anilines is 1. The normalized spacial score (nSPS) is 10.8. The fourth-order valence-electron chi connectivity index (χ4n) is 2.81. The van der Waals surface area contributed by atoms with Gasteiger partial charge >= 0.3 is 0 Å². The smallest absolute Gasteiger partial charge is 0.265 e. The number of oxime groups is 1. The summed E-state index contributed by atoms with van der Waals surface area (Å²) in [5, 5.41) is 7.72. The Labute approximate surface area is 203 Å². The minimum atomic E-state index is -0.296. The summed E-state index contributed by atoms with van der Waals surface area (Å²) in [7, 11) is 0. The molecule has 3 rings (SSSR count). The van der Waals surface area contributed by atoms with Crippen molar-refractivity contribution in [3.8, 4) is 11.5 Å². The fraction of sp³-hybridized carbons (Fsp3) is 0.200. The minimum absolute atomic E-state index is 0.203. The van der Waals surface area contributed by atoms with Gasteiger partial charge in [-0.25, -0.2) is 0 Å². The van der Waals surface area contributed by atoms with Gasteiger partial charge in [-0.15, -0.1) is 0 Å². The van der Waals surface area contributed by atoms with E-state index in [1.54, 1.807) is 30.3 Å². The Morgan fingerprint density at radius 3 is 2.52 bits per heavy atom. The molecule has 3 aromatic carbocycles. The third-order valence-electron chi connectivity index (χ3n) is 4.47. The van der Waals surface area contributed by atoms with E-state index in [9.17, 15) is 4.79 Å². The molecule has 0 aromatic heterocycles. The van der Waals surface area contributed by atoms with E-state index in [1.807, 2.05) is 44.2 Å². The van der Waals surface area contributed by atoms with E-state index in [2.05, 4.69) is 10.5 Å². The van der Waals surface area contributed by atoms with Crippen LogP contribution in [0.1, 0.15) is 23.6 Å². The number of hydrogen-bond acceptors (Lipinski definition) is 5. The summed E-state index contributed by atoms with van der Waals surface area (Å²) < 4.78 is 11.6. The maximum Gasteiger partial charge on any atom is 0.265 e. The van der Waals surface area contributed by atoms with E-state index in [0.717, 1.165) is 16.7 Å². The monoisotopic (exact) mass is 486 g/mol. The predicted molar refractivity (Wildman–Crippen MR) is 132 cm³/mol. The Hall–Kier alpha value is -3.22. The second-order valence-electron chi connectivity index (χ2n) is 7.09. The molecule has 6 nitrogen and oxygen atoms in total. The van der Waals surface area contributed by atoms with Gasteiger partial charge in [-0.05, 0) is 56.3 Å². The molecular weight excluding hydrogens is 463 g/mol. The summed E-state index contributed by atoms with van der Waals surface area (Å²) in [6, 6.07) is 18.1. The van der Waals surface area contributed by atoms with Crippen molar-refractivity contribution < 1.29 is 19.1 Å². The van der Waals surface area contributed by atoms with E-state index in [0.29, 0.717) is 33.8 Å². The van der Waals surface area contributed by atoms with E-state index in [4.69, 9.17) is 37.5 Å². The van der Waals surface area contributed by atoms with Gasteiger partial charge in [0.2, 0.25) is 0 Å². The number of nitrogens with zero attached hydrogens (tertiary/aromatic N) is 1. The zero-order chi connectivity index (χ0) is 23.6. The van der Waals surface area contributed by atoms with Crippen molar-refractivity contribution in [2.24, 2.45) is 5.16 Å². The van der Waals surface area contributed by atoms with Gasteiger partial charge in [-0.1, -0.05) is 52.1 Å². The molecule has 3 aromatic rings. The molecule has 1 N–H and O–H groups in total. The molecule has 0 bridgehead atoms. The summed E-state index contributed by atoms with van der Waals surface area (Å²) in [5.41, 5.74) is 3.36. The number of ether oxygens (including phenoxy) is 2. The first-order valence-corrected chi connectivity index (χ1v) is 11.1. The number of carbonyl (C=O) groups is 1. The van der Waals surface area contributed by atoms with Gasteiger partial charge in [0.1, 0.15) is 6.61 Å². The summed E-state index contributed by atoms with van der Waals surface area (Å²) in [6.07, 6.45) is 1.50. The topological polar surface area (TPSA) is 69.2 Å². The molecule has 0 saturated heterocycles. The highest BCUT2D eigenvalue weighted by atomic mass is 35.5. The molecule has 0 spiro atoms. The van der Waals surface area contributed by atoms with Crippen molar-refractivity contribution in [1.29, 1.82) is 0 Å². The SMILES string of the molecule is CCOc1cc(C=NOCC(=O)Nc2ccc(C)cc2)ccc1OCc1ccc(Cl)cc1Cl. The average Bonchev–Trinajstić information content (AvgIpc) is 2.79. The molecular formula is C25H24Cl2N2O4. The lowest BCUT2D eigenvalue weighted by Crippen LogP contribution is -2.16. The molecule has 0 radical (unpaired) electrons. The van der Waals surface area contributed by atoms with Crippen molar-refractivity contribution in [3.63, 3.8) is 0 Å². The number of hydrogen-bond donors (Lipinski definition) is 1. The molecule has 1 amide bonds. The van der Waals surface area contributed by atoms with Gasteiger partial charge in [0, 0.05) is 26.9 Å². The lowest BCUT2D eigenvalue weighted by Gasteiger charge is -2.13. The molecule has 172 valence electrons. The first-order valence-electron chi connectivity index (χ1n) is 10.3. The molecule has 0 aliphatic heterocycles. The second-order valence-corrected chi connectivity index (χ2v) is 7.93. The van der Waals surface area contributed by atoms with Gasteiger partial charge in [0.05, 0.1) is 12.8 Å². The van der Waals surface area contributed by atoms with Gasteiger partial charge in [0.15, 0.2) is 18.1 Å². The van der Waals surface area contributed by atoms with Crippen molar-refractivity contribution in [3.05, 3.63) is 87.4 Å². The van der Waals surface area contributed by atoms with Gasteiger partial charge in [0.25, 0.3) is 5.91 Å². The zero-order valence-corrected chi connectivity index (χ0v) is 19.8. The molecule has 0 heterocycles. The van der Waals surface area contributed by atoms with Crippen LogP contribution in [0.4, 0.5) is 5.69 Å². The molecule has 0 unspecified atom stereocenters. The lowest BCUT2D eigenvalue weighted by molar-refractivity contribution is -0.120. The van der Waals surface area contributed by atoms with E-state index in [-0.39, 0.29) is 19.1 Å². The number of nitrogens with one attached hydrogen (secondary N) is 1. The Morgan fingerprint density at radius 1 is 1.00 bits per heavy atom. The summed E-state index contributed by atoms with van der Waals surface area (Å²) >= 11 is 12.1. The maximum atomic E-state index is 12.0. The third kappa shape index (κ3) is 7.70. The summed E-state index contributed by atoms with van der Waals surface area (Å²) in [4.78, 5) is 17.1. The largest absolute Gasteiger partial charge is 0.490 e. The molecule has 0 atom stereocenters. The van der Waals surface area contributed by atoms with E-state index in [1.165, 1.54) is 6.21 Å². The Bertz CT molecular complexity index is 1120. The Balaban J connectivity index is 1.55. The highest BCUT2D eigenvalue weighted by Gasteiger charge is 2.09. The lowest BCUT2D eigenvalue weighted by atomic mass is 10.2. The number of halogens is 2. The molecule has 0 aliphatic rings. The quantitative estimate of drug-likeness (QED) is 0.270. The van der Waals surface area contributed by atoms with Crippen LogP contribution in [0, 0.1) is 6.92 Å². The van der Waals surface area contributed by atoms with Gasteiger partial charge < -0.3 is 19.6 Å². The number of benzene rings is 3. The second kappa shape index (κ2) is 12.1. The van der Waals surface area contributed by atoms with Gasteiger partial charge in [-0.3, -0.25) is 4.79 Å². The van der Waals surface area contributed by atoms with Crippen LogP contribution in [-0.4, -0.2) is 25.3 Å². The van der Waals surface area contributed by atoms with Crippen LogP contribution in [0.5, 0.6) is 11.5 Å². The highest BCUT2D eigenvalue weighted by Crippen LogP contribution is 2.30. The van der Waals surface area contributed by atoms with Crippen molar-refractivity contribution in [2.75, 3.05) is 18.5 Å². The van der Waals surface area contributed by atoms with Crippen LogP contribution in [0.2, 0.25) is 10.0 Å². The van der Waals surface area contributed by atoms with Crippen molar-refractivity contribution in [2.45, 2.75) is 20.5 Å². The van der Waals surface area contributed by atoms with Crippen LogP contribution in [0.15, 0.2) is 65.8 Å². The van der Waals surface area contributed by atoms with Crippen LogP contribution in [0.25, 0.3) is 0 Å². The van der Waals surface area contributed by atoms with E-state index >= 15 is 0 Å². The zero-order valence-electron chi connectivity index (χ0n) is 18.3. The molecule has 8 heteroatoms. The minimum Gasteiger partial charge on any atom is -0.490 e. The Morgan fingerprint density at radius 2 is 1.79 bits per heavy atom.